The van der Waals surface area contributed by atoms with Gasteiger partial charge in [0.05, 0.1) is 10.7 Å². The van der Waals surface area contributed by atoms with Crippen LogP contribution in [-0.4, -0.2) is 11.4 Å². The van der Waals surface area contributed by atoms with E-state index in [-0.39, 0.29) is 10.7 Å². The highest BCUT2D eigenvalue weighted by molar-refractivity contribution is 9.10. The van der Waals surface area contributed by atoms with E-state index in [1.54, 1.807) is 0 Å². The molecule has 0 atom stereocenters. The number of thioether (sulfide) groups is 1. The van der Waals surface area contributed by atoms with Gasteiger partial charge in [-0.05, 0) is 27.6 Å². The molecule has 0 aliphatic heterocycles. The lowest BCUT2D eigenvalue weighted by Crippen LogP contribution is -2.06. The predicted octanol–water partition coefficient (Wildman–Crippen LogP) is 4.45. The van der Waals surface area contributed by atoms with Gasteiger partial charge in [0.25, 0.3) is 0 Å². The van der Waals surface area contributed by atoms with Gasteiger partial charge in [-0.25, -0.2) is 13.2 Å². The highest BCUT2D eigenvalue weighted by Gasteiger charge is 2.15. The summed E-state index contributed by atoms with van der Waals surface area (Å²) in [5.74, 6) is -2.83. The van der Waals surface area contributed by atoms with E-state index in [0.717, 1.165) is 11.8 Å². The highest BCUT2D eigenvalue weighted by atomic mass is 79.9. The summed E-state index contributed by atoms with van der Waals surface area (Å²) in [5.41, 5.74) is 6.50. The Balaban J connectivity index is 2.03. The van der Waals surface area contributed by atoms with Gasteiger partial charge in [0.1, 0.15) is 5.82 Å². The maximum Gasteiger partial charge on any atom is 0.180 e. The van der Waals surface area contributed by atoms with Crippen LogP contribution in [0.4, 0.5) is 13.2 Å². The van der Waals surface area contributed by atoms with Gasteiger partial charge in [-0.3, -0.25) is 0 Å². The van der Waals surface area contributed by atoms with Crippen molar-refractivity contribution in [3.05, 3.63) is 69.4 Å². The second-order valence-corrected chi connectivity index (χ2v) is 6.14. The fraction of sp³-hybridized carbons (Fsp3) is 0.0667. The third-order valence-electron chi connectivity index (χ3n) is 2.71. The Morgan fingerprint density at radius 1 is 1.17 bits per heavy atom. The summed E-state index contributed by atoms with van der Waals surface area (Å²) in [6.45, 7) is 0. The second-order valence-electron chi connectivity index (χ2n) is 4.35. The van der Waals surface area contributed by atoms with Crippen LogP contribution in [0.2, 0.25) is 0 Å². The number of rotatable bonds is 4. The Morgan fingerprint density at radius 2 is 1.87 bits per heavy atom. The van der Waals surface area contributed by atoms with Crippen molar-refractivity contribution in [1.29, 1.82) is 0 Å². The summed E-state index contributed by atoms with van der Waals surface area (Å²) in [6, 6.07) is 10.3. The van der Waals surface area contributed by atoms with Gasteiger partial charge >= 0.3 is 0 Å². The molecule has 0 bridgehead atoms. The Morgan fingerprint density at radius 3 is 2.57 bits per heavy atom. The molecule has 0 aliphatic carbocycles. The number of nitrogens with two attached hydrogens (primary N) is 1. The van der Waals surface area contributed by atoms with Crippen molar-refractivity contribution in [3.63, 3.8) is 0 Å². The summed E-state index contributed by atoms with van der Waals surface area (Å²) in [4.78, 5) is 0. The first-order chi connectivity index (χ1) is 11.0. The number of amidine groups is 1. The molecule has 0 amide bonds. The van der Waals surface area contributed by atoms with Crippen LogP contribution in [0, 0.1) is 17.5 Å². The predicted molar refractivity (Wildman–Crippen MR) is 91.0 cm³/mol. The molecule has 2 aromatic rings. The molecular weight excluding hydrogens is 391 g/mol. The quantitative estimate of drug-likeness (QED) is 0.270. The van der Waals surface area contributed by atoms with Crippen molar-refractivity contribution in [1.82, 2.24) is 0 Å². The lowest BCUT2D eigenvalue weighted by Gasteiger charge is -2.02. The van der Waals surface area contributed by atoms with Gasteiger partial charge in [0.15, 0.2) is 16.8 Å². The molecule has 2 N–H and O–H groups in total. The number of nitrogens with zero attached hydrogens (tertiary/aromatic N) is 2. The first kappa shape index (κ1) is 17.6. The standard InChI is InChI=1S/C15H11BrF3N3S/c16-12-13(18)10(6-11(17)14(12)19)7-21-22-15(20)23-8-9-4-2-1-3-5-9/h1-7H,8H2,(H2,20,22). The van der Waals surface area contributed by atoms with Crippen LogP contribution in [0.15, 0.2) is 51.1 Å². The smallest absolute Gasteiger partial charge is 0.180 e. The highest BCUT2D eigenvalue weighted by Crippen LogP contribution is 2.24. The van der Waals surface area contributed by atoms with E-state index in [4.69, 9.17) is 5.73 Å². The van der Waals surface area contributed by atoms with Crippen LogP contribution in [0.5, 0.6) is 0 Å². The third kappa shape index (κ3) is 4.84. The topological polar surface area (TPSA) is 50.7 Å². The van der Waals surface area contributed by atoms with E-state index >= 15 is 0 Å². The minimum absolute atomic E-state index is 0.173. The average molecular weight is 402 g/mol. The second kappa shape index (κ2) is 8.16. The molecule has 120 valence electrons. The zero-order valence-corrected chi connectivity index (χ0v) is 14.0. The van der Waals surface area contributed by atoms with Gasteiger partial charge in [0.2, 0.25) is 0 Å². The van der Waals surface area contributed by atoms with Gasteiger partial charge in [-0.1, -0.05) is 42.1 Å². The molecule has 2 rings (SSSR count). The average Bonchev–Trinajstić information content (AvgIpc) is 2.56. The van der Waals surface area contributed by atoms with Crippen LogP contribution in [0.1, 0.15) is 11.1 Å². The Kier molecular flexibility index (Phi) is 6.23. The summed E-state index contributed by atoms with van der Waals surface area (Å²) in [6.07, 6.45) is 0.971. The van der Waals surface area contributed by atoms with Crippen LogP contribution in [0.3, 0.4) is 0 Å². The molecule has 0 spiro atoms. The molecule has 0 saturated carbocycles. The molecule has 2 aromatic carbocycles. The van der Waals surface area contributed by atoms with Crippen molar-refractivity contribution in [3.8, 4) is 0 Å². The molecule has 0 aromatic heterocycles. The van der Waals surface area contributed by atoms with Crippen LogP contribution in [0.25, 0.3) is 0 Å². The Hall–Kier alpha value is -1.80. The van der Waals surface area contributed by atoms with Crippen molar-refractivity contribution in [2.24, 2.45) is 15.9 Å². The van der Waals surface area contributed by atoms with E-state index < -0.39 is 21.9 Å². The van der Waals surface area contributed by atoms with E-state index in [9.17, 15) is 13.2 Å². The lowest BCUT2D eigenvalue weighted by molar-refractivity contribution is 0.487. The largest absolute Gasteiger partial charge is 0.377 e. The van der Waals surface area contributed by atoms with Crippen molar-refractivity contribution < 1.29 is 13.2 Å². The van der Waals surface area contributed by atoms with Gasteiger partial charge in [0, 0.05) is 11.3 Å². The first-order valence-corrected chi connectivity index (χ1v) is 8.13. The molecule has 0 aliphatic rings. The van der Waals surface area contributed by atoms with E-state index in [0.29, 0.717) is 11.8 Å². The fourth-order valence-corrected chi connectivity index (χ4v) is 2.62. The van der Waals surface area contributed by atoms with E-state index in [1.807, 2.05) is 30.3 Å². The molecule has 3 nitrogen and oxygen atoms in total. The molecule has 8 heteroatoms. The normalized spacial score (nSPS) is 12.1. The summed E-state index contributed by atoms with van der Waals surface area (Å²) in [5, 5.41) is 7.45. The number of benzene rings is 2. The molecule has 0 radical (unpaired) electrons. The van der Waals surface area contributed by atoms with Gasteiger partial charge < -0.3 is 5.73 Å². The van der Waals surface area contributed by atoms with Crippen molar-refractivity contribution >= 4 is 39.1 Å². The fourth-order valence-electron chi connectivity index (χ4n) is 1.59. The van der Waals surface area contributed by atoms with E-state index in [2.05, 4.69) is 26.1 Å². The molecule has 0 saturated heterocycles. The van der Waals surface area contributed by atoms with E-state index in [1.165, 1.54) is 11.8 Å². The summed E-state index contributed by atoms with van der Waals surface area (Å²) < 4.78 is 39.5. The molecule has 0 heterocycles. The SMILES string of the molecule is NC(=NN=Cc1cc(F)c(F)c(Br)c1F)SCc1ccccc1. The molecule has 0 unspecified atom stereocenters. The maximum absolute atomic E-state index is 13.7. The molecule has 23 heavy (non-hydrogen) atoms. The van der Waals surface area contributed by atoms with Crippen LogP contribution in [-0.2, 0) is 5.75 Å². The number of hydrogen-bond acceptors (Lipinski definition) is 3. The minimum Gasteiger partial charge on any atom is -0.377 e. The first-order valence-electron chi connectivity index (χ1n) is 6.35. The van der Waals surface area contributed by atoms with Gasteiger partial charge in [-0.2, -0.15) is 5.10 Å². The molecular formula is C15H11BrF3N3S. The maximum atomic E-state index is 13.7. The minimum atomic E-state index is -1.29. The Bertz CT molecular complexity index is 751. The molecule has 0 fully saturated rings. The zero-order valence-electron chi connectivity index (χ0n) is 11.6. The zero-order chi connectivity index (χ0) is 16.8. The van der Waals surface area contributed by atoms with Crippen molar-refractivity contribution in [2.75, 3.05) is 0 Å². The summed E-state index contributed by atoms with van der Waals surface area (Å²) >= 11 is 3.89. The Labute approximate surface area is 143 Å². The number of halogens is 4. The van der Waals surface area contributed by atoms with Gasteiger partial charge in [-0.15, -0.1) is 5.10 Å². The third-order valence-corrected chi connectivity index (χ3v) is 4.26. The van der Waals surface area contributed by atoms with Crippen LogP contribution < -0.4 is 5.73 Å². The number of hydrogen-bond donors (Lipinski definition) is 1. The van der Waals surface area contributed by atoms with Crippen molar-refractivity contribution in [2.45, 2.75) is 5.75 Å². The summed E-state index contributed by atoms with van der Waals surface area (Å²) in [7, 11) is 0. The monoisotopic (exact) mass is 401 g/mol. The van der Waals surface area contributed by atoms with Crippen LogP contribution >= 0.6 is 27.7 Å². The lowest BCUT2D eigenvalue weighted by atomic mass is 10.2.